The van der Waals surface area contributed by atoms with Crippen LogP contribution in [0.1, 0.15) is 41.3 Å². The van der Waals surface area contributed by atoms with Crippen molar-refractivity contribution in [2.24, 2.45) is 5.10 Å². The Morgan fingerprint density at radius 2 is 1.97 bits per heavy atom. The van der Waals surface area contributed by atoms with Crippen LogP contribution in [0.2, 0.25) is 0 Å². The molecule has 36 heavy (non-hydrogen) atoms. The molecule has 6 nitrogen and oxygen atoms in total. The summed E-state index contributed by atoms with van der Waals surface area (Å²) in [5.74, 6) is -0.172. The topological polar surface area (TPSA) is 76.3 Å². The minimum atomic E-state index is -0.260. The Morgan fingerprint density at radius 1 is 1.19 bits per heavy atom. The van der Waals surface area contributed by atoms with Crippen LogP contribution < -0.4 is 11.0 Å². The highest BCUT2D eigenvalue weighted by molar-refractivity contribution is 9.10. The van der Waals surface area contributed by atoms with Crippen LogP contribution in [0, 0.1) is 6.92 Å². The number of amides is 1. The van der Waals surface area contributed by atoms with Gasteiger partial charge < -0.3 is 0 Å². The molecule has 9 heteroatoms. The normalized spacial score (nSPS) is 13.6. The van der Waals surface area contributed by atoms with E-state index < -0.39 is 0 Å². The molecule has 1 N–H and O–H groups in total. The molecular formula is C27H25BrN4O2S2. The van der Waals surface area contributed by atoms with Gasteiger partial charge in [-0.2, -0.15) is 5.10 Å². The van der Waals surface area contributed by atoms with Gasteiger partial charge in [-0.05, 0) is 74.9 Å². The van der Waals surface area contributed by atoms with Crippen molar-refractivity contribution in [2.75, 3.05) is 5.75 Å². The summed E-state index contributed by atoms with van der Waals surface area (Å²) < 4.78 is 2.60. The summed E-state index contributed by atoms with van der Waals surface area (Å²) in [5, 5.41) is 5.49. The number of fused-ring (bicyclic) bond motifs is 3. The van der Waals surface area contributed by atoms with Crippen molar-refractivity contribution in [3.8, 4) is 5.69 Å². The van der Waals surface area contributed by atoms with E-state index in [1.165, 1.54) is 16.6 Å². The van der Waals surface area contributed by atoms with Crippen LogP contribution in [0.25, 0.3) is 15.9 Å². The fraction of sp³-hybridized carbons (Fsp3) is 0.259. The molecule has 0 saturated heterocycles. The first-order chi connectivity index (χ1) is 17.4. The predicted octanol–water partition coefficient (Wildman–Crippen LogP) is 6.03. The van der Waals surface area contributed by atoms with Gasteiger partial charge in [-0.15, -0.1) is 11.3 Å². The Kier molecular flexibility index (Phi) is 7.41. The number of aryl methyl sites for hydroxylation is 3. The van der Waals surface area contributed by atoms with Gasteiger partial charge in [0.25, 0.3) is 11.5 Å². The van der Waals surface area contributed by atoms with E-state index in [0.717, 1.165) is 62.8 Å². The van der Waals surface area contributed by atoms with Crippen LogP contribution in [-0.2, 0) is 17.6 Å². The van der Waals surface area contributed by atoms with Gasteiger partial charge in [-0.25, -0.2) is 10.4 Å². The zero-order valence-corrected chi connectivity index (χ0v) is 23.2. The van der Waals surface area contributed by atoms with E-state index in [0.29, 0.717) is 10.9 Å². The van der Waals surface area contributed by atoms with Crippen molar-refractivity contribution in [3.63, 3.8) is 0 Å². The van der Waals surface area contributed by atoms with Crippen molar-refractivity contribution in [3.05, 3.63) is 84.9 Å². The average Bonchev–Trinajstić information content (AvgIpc) is 3.25. The van der Waals surface area contributed by atoms with Crippen molar-refractivity contribution in [1.82, 2.24) is 15.0 Å². The van der Waals surface area contributed by atoms with E-state index >= 15 is 0 Å². The molecule has 2 aromatic carbocycles. The first-order valence-electron chi connectivity index (χ1n) is 11.8. The number of benzene rings is 2. The summed E-state index contributed by atoms with van der Waals surface area (Å²) in [6, 6.07) is 15.6. The van der Waals surface area contributed by atoms with Gasteiger partial charge in [0, 0.05) is 9.35 Å². The minimum absolute atomic E-state index is 0.0605. The van der Waals surface area contributed by atoms with Gasteiger partial charge in [0.2, 0.25) is 0 Å². The number of rotatable bonds is 6. The van der Waals surface area contributed by atoms with Crippen molar-refractivity contribution < 1.29 is 4.79 Å². The van der Waals surface area contributed by atoms with Gasteiger partial charge in [-0.3, -0.25) is 14.2 Å². The summed E-state index contributed by atoms with van der Waals surface area (Å²) in [6.45, 7) is 3.86. The van der Waals surface area contributed by atoms with Crippen LogP contribution >= 0.6 is 39.0 Å². The maximum atomic E-state index is 13.8. The highest BCUT2D eigenvalue weighted by Gasteiger charge is 2.23. The van der Waals surface area contributed by atoms with Gasteiger partial charge in [0.05, 0.1) is 22.5 Å². The number of hydrogen-bond acceptors (Lipinski definition) is 6. The van der Waals surface area contributed by atoms with Crippen molar-refractivity contribution in [1.29, 1.82) is 0 Å². The van der Waals surface area contributed by atoms with Crippen LogP contribution in [0.3, 0.4) is 0 Å². The molecule has 5 rings (SSSR count). The summed E-state index contributed by atoms with van der Waals surface area (Å²) in [7, 11) is 0. The molecule has 2 heterocycles. The van der Waals surface area contributed by atoms with Gasteiger partial charge in [-0.1, -0.05) is 57.5 Å². The summed E-state index contributed by atoms with van der Waals surface area (Å²) >= 11 is 6.32. The molecule has 184 valence electrons. The molecule has 0 fully saturated rings. The number of hydrogen-bond donors (Lipinski definition) is 1. The number of nitrogens with zero attached hydrogens (tertiary/aromatic N) is 3. The van der Waals surface area contributed by atoms with E-state index in [1.807, 2.05) is 62.4 Å². The lowest BCUT2D eigenvalue weighted by Gasteiger charge is -2.13. The molecule has 0 atom stereocenters. The highest BCUT2D eigenvalue weighted by Crippen LogP contribution is 2.35. The number of carbonyl (C=O) groups excluding carboxylic acids is 1. The summed E-state index contributed by atoms with van der Waals surface area (Å²) in [5.41, 5.74) is 7.21. The molecule has 1 aliphatic carbocycles. The minimum Gasteiger partial charge on any atom is -0.272 e. The number of thiophene rings is 1. The van der Waals surface area contributed by atoms with E-state index in [2.05, 4.69) is 26.5 Å². The third-order valence-corrected chi connectivity index (χ3v) is 8.79. The van der Waals surface area contributed by atoms with Gasteiger partial charge in [0.15, 0.2) is 5.16 Å². The quantitative estimate of drug-likeness (QED) is 0.131. The number of thioether (sulfide) groups is 1. The molecule has 0 saturated carbocycles. The molecule has 1 amide bonds. The molecule has 0 radical (unpaired) electrons. The Bertz CT molecular complexity index is 1540. The Labute approximate surface area is 226 Å². The smallest absolute Gasteiger partial charge is 0.267 e. The molecular weight excluding hydrogens is 556 g/mol. The second kappa shape index (κ2) is 10.7. The molecule has 0 spiro atoms. The largest absolute Gasteiger partial charge is 0.272 e. The fourth-order valence-electron chi connectivity index (χ4n) is 4.29. The van der Waals surface area contributed by atoms with Crippen molar-refractivity contribution in [2.45, 2.75) is 44.7 Å². The number of carbonyl (C=O) groups is 1. The molecule has 1 aliphatic rings. The van der Waals surface area contributed by atoms with E-state index in [4.69, 9.17) is 4.98 Å². The van der Waals surface area contributed by atoms with Crippen LogP contribution in [0.15, 0.2) is 68.1 Å². The second-order valence-electron chi connectivity index (χ2n) is 8.79. The SMILES string of the molecule is CC(=NNC(=O)CSc1nc2sc3c(c2c(=O)n1-c1ccc(C)cc1)CCCC3)c1cccc(Br)c1. The van der Waals surface area contributed by atoms with Crippen molar-refractivity contribution >= 4 is 60.9 Å². The summed E-state index contributed by atoms with van der Waals surface area (Å²) in [4.78, 5) is 33.4. The van der Waals surface area contributed by atoms with Crippen LogP contribution in [-0.4, -0.2) is 26.9 Å². The molecule has 0 unspecified atom stereocenters. The number of aromatic nitrogens is 2. The first kappa shape index (κ1) is 24.9. The van der Waals surface area contributed by atoms with E-state index in [1.54, 1.807) is 15.9 Å². The van der Waals surface area contributed by atoms with E-state index in [-0.39, 0.29) is 17.2 Å². The molecule has 0 bridgehead atoms. The molecule has 2 aromatic heterocycles. The monoisotopic (exact) mass is 580 g/mol. The van der Waals surface area contributed by atoms with Crippen LogP contribution in [0.4, 0.5) is 0 Å². The lowest BCUT2D eigenvalue weighted by molar-refractivity contribution is -0.118. The first-order valence-corrected chi connectivity index (χ1v) is 14.4. The molecule has 4 aromatic rings. The van der Waals surface area contributed by atoms with Crippen LogP contribution in [0.5, 0.6) is 0 Å². The predicted molar refractivity (Wildman–Crippen MR) is 152 cm³/mol. The Hall–Kier alpha value is -2.75. The third-order valence-electron chi connectivity index (χ3n) is 6.17. The maximum absolute atomic E-state index is 13.8. The standard InChI is InChI=1S/C27H25BrN4O2S2/c1-16-10-12-20(13-11-16)32-26(34)24-21-8-3-4-9-22(21)36-25(24)29-27(32)35-15-23(33)31-30-17(2)18-6-5-7-19(28)14-18/h5-7,10-14H,3-4,8-9,15H2,1-2H3,(H,31,33). The molecule has 0 aliphatic heterocycles. The van der Waals surface area contributed by atoms with Gasteiger partial charge in [0.1, 0.15) is 4.83 Å². The zero-order valence-electron chi connectivity index (χ0n) is 20.0. The Balaban J connectivity index is 1.44. The second-order valence-corrected chi connectivity index (χ2v) is 11.7. The summed E-state index contributed by atoms with van der Waals surface area (Å²) in [6.07, 6.45) is 4.16. The number of halogens is 1. The zero-order chi connectivity index (χ0) is 25.2. The number of nitrogens with one attached hydrogen (secondary N) is 1. The fourth-order valence-corrected chi connectivity index (χ4v) is 6.80. The Morgan fingerprint density at radius 3 is 2.75 bits per heavy atom. The van der Waals surface area contributed by atoms with Gasteiger partial charge >= 0.3 is 0 Å². The number of hydrazone groups is 1. The third kappa shape index (κ3) is 5.19. The lowest BCUT2D eigenvalue weighted by Crippen LogP contribution is -2.24. The average molecular weight is 582 g/mol. The van der Waals surface area contributed by atoms with E-state index in [9.17, 15) is 9.59 Å². The maximum Gasteiger partial charge on any atom is 0.267 e. The highest BCUT2D eigenvalue weighted by atomic mass is 79.9. The lowest BCUT2D eigenvalue weighted by atomic mass is 9.97.